The van der Waals surface area contributed by atoms with E-state index in [9.17, 15) is 9.59 Å². The lowest BCUT2D eigenvalue weighted by Gasteiger charge is -2.09. The fourth-order valence-corrected chi connectivity index (χ4v) is 2.22. The number of hydrogen-bond donors (Lipinski definition) is 2. The van der Waals surface area contributed by atoms with E-state index in [4.69, 9.17) is 15.2 Å². The quantitative estimate of drug-likeness (QED) is 0.758. The molecule has 6 heteroatoms. The van der Waals surface area contributed by atoms with Gasteiger partial charge < -0.3 is 20.5 Å². The summed E-state index contributed by atoms with van der Waals surface area (Å²) in [6.45, 7) is 2.39. The van der Waals surface area contributed by atoms with Crippen molar-refractivity contribution in [1.82, 2.24) is 0 Å². The van der Waals surface area contributed by atoms with Gasteiger partial charge in [-0.15, -0.1) is 0 Å². The fourth-order valence-electron chi connectivity index (χ4n) is 2.22. The highest BCUT2D eigenvalue weighted by molar-refractivity contribution is 6.07. The number of amides is 2. The van der Waals surface area contributed by atoms with Crippen molar-refractivity contribution in [3.8, 4) is 11.5 Å². The van der Waals surface area contributed by atoms with Crippen LogP contribution in [0.5, 0.6) is 11.5 Å². The second-order valence-electron chi connectivity index (χ2n) is 5.08. The van der Waals surface area contributed by atoms with Crippen molar-refractivity contribution in [1.29, 1.82) is 0 Å². The molecule has 2 amide bonds. The maximum Gasteiger partial charge on any atom is 0.250 e. The van der Waals surface area contributed by atoms with Gasteiger partial charge in [0.25, 0.3) is 5.91 Å². The summed E-state index contributed by atoms with van der Waals surface area (Å²) in [5, 5.41) is 2.64. The van der Waals surface area contributed by atoms with Gasteiger partial charge in [0.2, 0.25) is 5.91 Å². The first-order valence-corrected chi connectivity index (χ1v) is 7.74. The molecule has 0 bridgehead atoms. The van der Waals surface area contributed by atoms with Crippen molar-refractivity contribution in [3.63, 3.8) is 0 Å². The summed E-state index contributed by atoms with van der Waals surface area (Å²) in [5.41, 5.74) is 6.70. The molecule has 0 aliphatic carbocycles. The standard InChI is InChI=1S/C19H20N2O4/c1-3-25-17-12-13(8-10-16(17)24-2)9-11-18(22)21-15-7-5-4-6-14(15)19(20)23/h4-12H,3H2,1-2H3,(H2,20,23)(H,21,22)/b11-9+. The van der Waals surface area contributed by atoms with Gasteiger partial charge in [-0.05, 0) is 42.8 Å². The summed E-state index contributed by atoms with van der Waals surface area (Å²) >= 11 is 0. The molecule has 0 aliphatic heterocycles. The van der Waals surface area contributed by atoms with Gasteiger partial charge in [0.15, 0.2) is 11.5 Å². The van der Waals surface area contributed by atoms with Gasteiger partial charge in [-0.2, -0.15) is 0 Å². The van der Waals surface area contributed by atoms with Gasteiger partial charge >= 0.3 is 0 Å². The molecule has 130 valence electrons. The highest BCUT2D eigenvalue weighted by Crippen LogP contribution is 2.28. The maximum absolute atomic E-state index is 12.1. The topological polar surface area (TPSA) is 90.6 Å². The Balaban J connectivity index is 2.13. The van der Waals surface area contributed by atoms with E-state index < -0.39 is 5.91 Å². The average Bonchev–Trinajstić information content (AvgIpc) is 2.61. The van der Waals surface area contributed by atoms with Crippen LogP contribution in [0.25, 0.3) is 6.08 Å². The minimum Gasteiger partial charge on any atom is -0.493 e. The Kier molecular flexibility index (Phi) is 6.17. The molecular formula is C19H20N2O4. The fraction of sp³-hybridized carbons (Fsp3) is 0.158. The molecular weight excluding hydrogens is 320 g/mol. The molecule has 0 radical (unpaired) electrons. The Hall–Kier alpha value is -3.28. The van der Waals surface area contributed by atoms with Crippen LogP contribution in [0, 0.1) is 0 Å². The van der Waals surface area contributed by atoms with Crippen molar-refractivity contribution >= 4 is 23.6 Å². The van der Waals surface area contributed by atoms with Crippen LogP contribution >= 0.6 is 0 Å². The Morgan fingerprint density at radius 3 is 2.60 bits per heavy atom. The van der Waals surface area contributed by atoms with E-state index in [1.165, 1.54) is 6.08 Å². The molecule has 0 heterocycles. The lowest BCUT2D eigenvalue weighted by Crippen LogP contribution is -2.16. The summed E-state index contributed by atoms with van der Waals surface area (Å²) in [4.78, 5) is 23.5. The molecule has 2 aromatic carbocycles. The molecule has 0 unspecified atom stereocenters. The minimum atomic E-state index is -0.601. The zero-order valence-electron chi connectivity index (χ0n) is 14.1. The average molecular weight is 340 g/mol. The number of anilines is 1. The normalized spacial score (nSPS) is 10.5. The number of hydrogen-bond acceptors (Lipinski definition) is 4. The Morgan fingerprint density at radius 1 is 1.16 bits per heavy atom. The largest absolute Gasteiger partial charge is 0.493 e. The third-order valence-electron chi connectivity index (χ3n) is 3.37. The van der Waals surface area contributed by atoms with Crippen LogP contribution < -0.4 is 20.5 Å². The van der Waals surface area contributed by atoms with E-state index in [-0.39, 0.29) is 11.5 Å². The van der Waals surface area contributed by atoms with E-state index in [0.29, 0.717) is 23.8 Å². The van der Waals surface area contributed by atoms with E-state index >= 15 is 0 Å². The van der Waals surface area contributed by atoms with Crippen LogP contribution in [-0.4, -0.2) is 25.5 Å². The summed E-state index contributed by atoms with van der Waals surface area (Å²) in [7, 11) is 1.57. The number of methoxy groups -OCH3 is 1. The second-order valence-corrected chi connectivity index (χ2v) is 5.08. The molecule has 0 atom stereocenters. The number of benzene rings is 2. The number of carbonyl (C=O) groups excluding carboxylic acids is 2. The van der Waals surface area contributed by atoms with Crippen LogP contribution in [0.15, 0.2) is 48.5 Å². The highest BCUT2D eigenvalue weighted by Gasteiger charge is 2.09. The molecule has 25 heavy (non-hydrogen) atoms. The molecule has 0 aliphatic rings. The van der Waals surface area contributed by atoms with Gasteiger partial charge in [0, 0.05) is 6.08 Å². The lowest BCUT2D eigenvalue weighted by atomic mass is 10.1. The summed E-state index contributed by atoms with van der Waals surface area (Å²) in [6.07, 6.45) is 3.01. The molecule has 0 spiro atoms. The summed E-state index contributed by atoms with van der Waals surface area (Å²) in [6, 6.07) is 11.9. The van der Waals surface area contributed by atoms with Gasteiger partial charge in [0.1, 0.15) is 0 Å². The van der Waals surface area contributed by atoms with Crippen LogP contribution in [0.3, 0.4) is 0 Å². The van der Waals surface area contributed by atoms with Crippen molar-refractivity contribution in [2.24, 2.45) is 5.73 Å². The van der Waals surface area contributed by atoms with Crippen molar-refractivity contribution in [2.75, 3.05) is 19.0 Å². The second kappa shape index (κ2) is 8.54. The maximum atomic E-state index is 12.1. The molecule has 0 saturated carbocycles. The number of nitrogens with two attached hydrogens (primary N) is 1. The number of para-hydroxylation sites is 1. The number of carbonyl (C=O) groups is 2. The van der Waals surface area contributed by atoms with Crippen LogP contribution in [0.1, 0.15) is 22.8 Å². The number of primary amides is 1. The van der Waals surface area contributed by atoms with Gasteiger partial charge in [-0.1, -0.05) is 18.2 Å². The van der Waals surface area contributed by atoms with Crippen molar-refractivity contribution < 1.29 is 19.1 Å². The molecule has 3 N–H and O–H groups in total. The SMILES string of the molecule is CCOc1cc(/C=C/C(=O)Nc2ccccc2C(N)=O)ccc1OC. The first-order chi connectivity index (χ1) is 12.0. The molecule has 0 saturated heterocycles. The van der Waals surface area contributed by atoms with E-state index in [2.05, 4.69) is 5.32 Å². The zero-order valence-corrected chi connectivity index (χ0v) is 14.1. The molecule has 2 aromatic rings. The lowest BCUT2D eigenvalue weighted by molar-refractivity contribution is -0.111. The Morgan fingerprint density at radius 2 is 1.92 bits per heavy atom. The highest BCUT2D eigenvalue weighted by atomic mass is 16.5. The monoisotopic (exact) mass is 340 g/mol. The molecule has 2 rings (SSSR count). The number of rotatable bonds is 7. The predicted molar refractivity (Wildman–Crippen MR) is 96.8 cm³/mol. The minimum absolute atomic E-state index is 0.257. The molecule has 6 nitrogen and oxygen atoms in total. The molecule has 0 fully saturated rings. The Labute approximate surface area is 146 Å². The van der Waals surface area contributed by atoms with Gasteiger partial charge in [-0.25, -0.2) is 0 Å². The first kappa shape index (κ1) is 18.1. The third kappa shape index (κ3) is 4.84. The smallest absolute Gasteiger partial charge is 0.250 e. The predicted octanol–water partition coefficient (Wildman–Crippen LogP) is 2.84. The Bertz CT molecular complexity index is 800. The zero-order chi connectivity index (χ0) is 18.2. The van der Waals surface area contributed by atoms with Gasteiger partial charge in [-0.3, -0.25) is 9.59 Å². The van der Waals surface area contributed by atoms with E-state index in [1.807, 2.05) is 13.0 Å². The number of ether oxygens (including phenoxy) is 2. The van der Waals surface area contributed by atoms with Crippen molar-refractivity contribution in [3.05, 3.63) is 59.7 Å². The van der Waals surface area contributed by atoms with Crippen LogP contribution in [0.4, 0.5) is 5.69 Å². The van der Waals surface area contributed by atoms with E-state index in [1.54, 1.807) is 49.6 Å². The van der Waals surface area contributed by atoms with Crippen LogP contribution in [-0.2, 0) is 4.79 Å². The molecule has 0 aromatic heterocycles. The number of nitrogens with one attached hydrogen (secondary N) is 1. The van der Waals surface area contributed by atoms with Crippen LogP contribution in [0.2, 0.25) is 0 Å². The third-order valence-corrected chi connectivity index (χ3v) is 3.37. The first-order valence-electron chi connectivity index (χ1n) is 7.74. The van der Waals surface area contributed by atoms with Gasteiger partial charge in [0.05, 0.1) is 25.0 Å². The van der Waals surface area contributed by atoms with Crippen molar-refractivity contribution in [2.45, 2.75) is 6.92 Å². The summed E-state index contributed by atoms with van der Waals surface area (Å²) in [5.74, 6) is 0.254. The summed E-state index contributed by atoms with van der Waals surface area (Å²) < 4.78 is 10.7. The van der Waals surface area contributed by atoms with E-state index in [0.717, 1.165) is 5.56 Å².